The molecule has 1 aliphatic rings. The predicted octanol–water partition coefficient (Wildman–Crippen LogP) is 1.03. The number of hydrogen-bond acceptors (Lipinski definition) is 3. The fourth-order valence-electron chi connectivity index (χ4n) is 2.64. The van der Waals surface area contributed by atoms with Crippen molar-refractivity contribution in [1.29, 1.82) is 0 Å². The monoisotopic (exact) mass is 265 g/mol. The Hall–Kier alpha value is -1.46. The molecule has 5 heteroatoms. The Morgan fingerprint density at radius 2 is 2.05 bits per heavy atom. The van der Waals surface area contributed by atoms with Gasteiger partial charge in [-0.1, -0.05) is 12.1 Å². The van der Waals surface area contributed by atoms with Crippen LogP contribution in [0.3, 0.4) is 0 Å². The molecule has 2 rings (SSSR count). The standard InChI is InChI=1S/C14H20FN3O/c1-9(16)13(11-3-5-12(15)6-4-11)18-8-7-17-14(19)10(18)2/h3-6,9-10,13H,7-8,16H2,1-2H3,(H,17,19). The Bertz CT molecular complexity index is 447. The number of nitrogens with zero attached hydrogens (tertiary/aromatic N) is 1. The predicted molar refractivity (Wildman–Crippen MR) is 72.0 cm³/mol. The molecule has 4 nitrogen and oxygen atoms in total. The van der Waals surface area contributed by atoms with Crippen LogP contribution in [0.15, 0.2) is 24.3 Å². The summed E-state index contributed by atoms with van der Waals surface area (Å²) in [5.74, 6) is -0.254. The summed E-state index contributed by atoms with van der Waals surface area (Å²) in [6, 6.07) is 5.89. The molecule has 3 unspecified atom stereocenters. The van der Waals surface area contributed by atoms with E-state index in [1.807, 2.05) is 13.8 Å². The molecule has 0 spiro atoms. The van der Waals surface area contributed by atoms with Crippen molar-refractivity contribution in [3.05, 3.63) is 35.6 Å². The number of nitrogens with two attached hydrogens (primary N) is 1. The van der Waals surface area contributed by atoms with Crippen LogP contribution in [0, 0.1) is 5.82 Å². The lowest BCUT2D eigenvalue weighted by Crippen LogP contribution is -2.57. The van der Waals surface area contributed by atoms with E-state index in [1.165, 1.54) is 12.1 Å². The summed E-state index contributed by atoms with van der Waals surface area (Å²) in [6.45, 7) is 5.14. The number of hydrogen-bond donors (Lipinski definition) is 2. The molecule has 104 valence electrons. The molecule has 1 saturated heterocycles. The van der Waals surface area contributed by atoms with Crippen LogP contribution in [-0.4, -0.2) is 36.0 Å². The zero-order valence-electron chi connectivity index (χ0n) is 11.3. The van der Waals surface area contributed by atoms with Gasteiger partial charge in [-0.2, -0.15) is 0 Å². The summed E-state index contributed by atoms with van der Waals surface area (Å²) in [5, 5.41) is 2.83. The molecule has 1 fully saturated rings. The molecule has 3 N–H and O–H groups in total. The first-order chi connectivity index (χ1) is 9.00. The Kier molecular flexibility index (Phi) is 4.17. The third-order valence-electron chi connectivity index (χ3n) is 3.61. The molecule has 19 heavy (non-hydrogen) atoms. The van der Waals surface area contributed by atoms with Gasteiger partial charge in [0.25, 0.3) is 0 Å². The van der Waals surface area contributed by atoms with Gasteiger partial charge in [-0.05, 0) is 31.5 Å². The van der Waals surface area contributed by atoms with Crippen molar-refractivity contribution in [1.82, 2.24) is 10.2 Å². The highest BCUT2D eigenvalue weighted by Crippen LogP contribution is 2.26. The fourth-order valence-corrected chi connectivity index (χ4v) is 2.64. The molecule has 1 aliphatic heterocycles. The maximum absolute atomic E-state index is 13.0. The lowest BCUT2D eigenvalue weighted by molar-refractivity contribution is -0.129. The number of carbonyl (C=O) groups excluding carboxylic acids is 1. The maximum Gasteiger partial charge on any atom is 0.237 e. The Morgan fingerprint density at radius 3 is 2.63 bits per heavy atom. The summed E-state index contributed by atoms with van der Waals surface area (Å²) < 4.78 is 13.0. The number of piperazine rings is 1. The Morgan fingerprint density at radius 1 is 1.42 bits per heavy atom. The number of amides is 1. The molecule has 0 radical (unpaired) electrons. The maximum atomic E-state index is 13.0. The zero-order chi connectivity index (χ0) is 14.0. The minimum Gasteiger partial charge on any atom is -0.353 e. The minimum absolute atomic E-state index is 0.0130. The number of halogens is 1. The Labute approximate surface area is 112 Å². The smallest absolute Gasteiger partial charge is 0.237 e. The molecule has 0 aromatic heterocycles. The van der Waals surface area contributed by atoms with Gasteiger partial charge in [-0.15, -0.1) is 0 Å². The average molecular weight is 265 g/mol. The molecule has 1 heterocycles. The quantitative estimate of drug-likeness (QED) is 0.858. The highest BCUT2D eigenvalue weighted by Gasteiger charge is 2.33. The second-order valence-corrected chi connectivity index (χ2v) is 5.06. The molecule has 0 aliphatic carbocycles. The van der Waals surface area contributed by atoms with Gasteiger partial charge >= 0.3 is 0 Å². The molecule has 1 aromatic rings. The van der Waals surface area contributed by atoms with E-state index in [1.54, 1.807) is 12.1 Å². The highest BCUT2D eigenvalue weighted by molar-refractivity contribution is 5.82. The van der Waals surface area contributed by atoms with Gasteiger partial charge in [0.2, 0.25) is 5.91 Å². The van der Waals surface area contributed by atoms with Crippen molar-refractivity contribution in [2.24, 2.45) is 5.73 Å². The van der Waals surface area contributed by atoms with Crippen molar-refractivity contribution in [3.63, 3.8) is 0 Å². The van der Waals surface area contributed by atoms with E-state index in [-0.39, 0.29) is 29.8 Å². The van der Waals surface area contributed by atoms with Crippen molar-refractivity contribution in [2.45, 2.75) is 32.0 Å². The first-order valence-electron chi connectivity index (χ1n) is 6.55. The van der Waals surface area contributed by atoms with Gasteiger partial charge in [-0.3, -0.25) is 9.69 Å². The van der Waals surface area contributed by atoms with E-state index >= 15 is 0 Å². The normalized spacial score (nSPS) is 23.8. The van der Waals surface area contributed by atoms with Crippen LogP contribution in [0.25, 0.3) is 0 Å². The van der Waals surface area contributed by atoms with Gasteiger partial charge in [-0.25, -0.2) is 4.39 Å². The van der Waals surface area contributed by atoms with Gasteiger partial charge in [0.15, 0.2) is 0 Å². The minimum atomic E-state index is -0.267. The summed E-state index contributed by atoms with van der Waals surface area (Å²) in [6.07, 6.45) is 0. The molecule has 3 atom stereocenters. The van der Waals surface area contributed by atoms with Gasteiger partial charge in [0.1, 0.15) is 5.82 Å². The van der Waals surface area contributed by atoms with Crippen molar-refractivity contribution < 1.29 is 9.18 Å². The SMILES string of the molecule is CC(N)C(c1ccc(F)cc1)N1CCNC(=O)C1C. The number of benzene rings is 1. The largest absolute Gasteiger partial charge is 0.353 e. The number of carbonyl (C=O) groups is 1. The lowest BCUT2D eigenvalue weighted by atomic mass is 9.96. The van der Waals surface area contributed by atoms with Crippen LogP contribution in [0.5, 0.6) is 0 Å². The third kappa shape index (κ3) is 2.93. The van der Waals surface area contributed by atoms with Gasteiger partial charge < -0.3 is 11.1 Å². The summed E-state index contributed by atoms with van der Waals surface area (Å²) >= 11 is 0. The van der Waals surface area contributed by atoms with Crippen molar-refractivity contribution in [2.75, 3.05) is 13.1 Å². The first kappa shape index (κ1) is 14.0. The lowest BCUT2D eigenvalue weighted by Gasteiger charge is -2.41. The van der Waals surface area contributed by atoms with Crippen LogP contribution >= 0.6 is 0 Å². The van der Waals surface area contributed by atoms with Crippen LogP contribution in [0.4, 0.5) is 4.39 Å². The van der Waals surface area contributed by atoms with E-state index in [9.17, 15) is 9.18 Å². The topological polar surface area (TPSA) is 58.4 Å². The third-order valence-corrected chi connectivity index (χ3v) is 3.61. The van der Waals surface area contributed by atoms with Crippen LogP contribution in [-0.2, 0) is 4.79 Å². The summed E-state index contributed by atoms with van der Waals surface area (Å²) in [5.41, 5.74) is 7.02. The summed E-state index contributed by atoms with van der Waals surface area (Å²) in [4.78, 5) is 13.8. The van der Waals surface area contributed by atoms with Gasteiger partial charge in [0, 0.05) is 19.1 Å². The van der Waals surface area contributed by atoms with E-state index < -0.39 is 0 Å². The fraction of sp³-hybridized carbons (Fsp3) is 0.500. The van der Waals surface area contributed by atoms with Gasteiger partial charge in [0.05, 0.1) is 12.1 Å². The second-order valence-electron chi connectivity index (χ2n) is 5.06. The molecule has 0 bridgehead atoms. The zero-order valence-corrected chi connectivity index (χ0v) is 11.3. The van der Waals surface area contributed by atoms with E-state index in [2.05, 4.69) is 10.2 Å². The molecule has 1 amide bonds. The Balaban J connectivity index is 2.29. The number of rotatable bonds is 3. The highest BCUT2D eigenvalue weighted by atomic mass is 19.1. The van der Waals surface area contributed by atoms with Crippen LogP contribution in [0.2, 0.25) is 0 Å². The average Bonchev–Trinajstić information content (AvgIpc) is 2.37. The van der Waals surface area contributed by atoms with E-state index in [0.29, 0.717) is 6.54 Å². The molecule has 0 saturated carbocycles. The van der Waals surface area contributed by atoms with Crippen molar-refractivity contribution in [3.8, 4) is 0 Å². The molecule has 1 aromatic carbocycles. The van der Waals surface area contributed by atoms with E-state index in [4.69, 9.17) is 5.73 Å². The van der Waals surface area contributed by atoms with E-state index in [0.717, 1.165) is 12.1 Å². The van der Waals surface area contributed by atoms with Crippen molar-refractivity contribution >= 4 is 5.91 Å². The van der Waals surface area contributed by atoms with Crippen LogP contribution in [0.1, 0.15) is 25.5 Å². The van der Waals surface area contributed by atoms with Crippen LogP contribution < -0.4 is 11.1 Å². The molecular weight excluding hydrogens is 245 g/mol. The molecular formula is C14H20FN3O. The second kappa shape index (κ2) is 5.67. The first-order valence-corrected chi connectivity index (χ1v) is 6.55. The summed E-state index contributed by atoms with van der Waals surface area (Å²) in [7, 11) is 0. The number of nitrogens with one attached hydrogen (secondary N) is 1.